The molecule has 0 aliphatic heterocycles. The number of benzene rings is 3. The van der Waals surface area contributed by atoms with Crippen molar-refractivity contribution in [3.8, 4) is 5.75 Å². The number of para-hydroxylation sites is 1. The van der Waals surface area contributed by atoms with E-state index in [0.717, 1.165) is 106 Å². The highest BCUT2D eigenvalue weighted by molar-refractivity contribution is 5.87. The van der Waals surface area contributed by atoms with Crippen molar-refractivity contribution >= 4 is 5.97 Å². The Hall–Kier alpha value is -4.11. The molecule has 4 aromatic rings. The zero-order valence-electron chi connectivity index (χ0n) is 33.3. The van der Waals surface area contributed by atoms with E-state index in [2.05, 4.69) is 60.4 Å². The van der Waals surface area contributed by atoms with Gasteiger partial charge in [0.2, 0.25) is 0 Å². The highest BCUT2D eigenvalue weighted by atomic mass is 19.1. The van der Waals surface area contributed by atoms with Gasteiger partial charge < -0.3 is 18.9 Å². The first-order valence-electron chi connectivity index (χ1n) is 20.6. The zero-order valence-corrected chi connectivity index (χ0v) is 33.3. The largest absolute Gasteiger partial charge is 0.489 e. The van der Waals surface area contributed by atoms with Crippen molar-refractivity contribution in [1.29, 1.82) is 0 Å². The number of esters is 1. The molecular weight excluding hydrogens is 692 g/mol. The molecule has 3 aromatic carbocycles. The maximum Gasteiger partial charge on any atom is 0.356 e. The second-order valence-corrected chi connectivity index (χ2v) is 14.4. The quantitative estimate of drug-likeness (QED) is 0.0401. The van der Waals surface area contributed by atoms with Gasteiger partial charge in [-0.25, -0.2) is 14.2 Å². The molecule has 7 nitrogen and oxygen atoms in total. The minimum absolute atomic E-state index is 0.155. The number of aryl methyl sites for hydroxylation is 3. The number of rotatable bonds is 24. The van der Waals surface area contributed by atoms with Crippen LogP contribution in [-0.4, -0.2) is 55.1 Å². The summed E-state index contributed by atoms with van der Waals surface area (Å²) >= 11 is 0. The fraction of sp³-hybridized carbons (Fsp3) is 0.489. The molecule has 2 unspecified atom stereocenters. The van der Waals surface area contributed by atoms with Crippen molar-refractivity contribution in [2.24, 2.45) is 0 Å². The lowest BCUT2D eigenvalue weighted by Crippen LogP contribution is -2.34. The second kappa shape index (κ2) is 23.1. The fourth-order valence-electron chi connectivity index (χ4n) is 7.37. The highest BCUT2D eigenvalue weighted by Gasteiger charge is 2.28. The zero-order chi connectivity index (χ0) is 38.7. The first-order valence-corrected chi connectivity index (χ1v) is 20.6. The molecule has 1 aliphatic carbocycles. The Labute approximate surface area is 328 Å². The number of halogens is 1. The van der Waals surface area contributed by atoms with E-state index in [1.165, 1.54) is 41.7 Å². The summed E-state index contributed by atoms with van der Waals surface area (Å²) in [6.45, 7) is 10.1. The third-order valence-electron chi connectivity index (χ3n) is 10.4. The van der Waals surface area contributed by atoms with Crippen LogP contribution in [0.2, 0.25) is 0 Å². The van der Waals surface area contributed by atoms with Crippen LogP contribution in [-0.2, 0) is 46.5 Å². The number of hydrogen-bond acceptors (Lipinski definition) is 7. The molecule has 1 heterocycles. The fourth-order valence-corrected chi connectivity index (χ4v) is 7.37. The molecule has 1 aliphatic rings. The summed E-state index contributed by atoms with van der Waals surface area (Å²) in [5.41, 5.74) is 7.31. The predicted octanol–water partition coefficient (Wildman–Crippen LogP) is 10.4. The summed E-state index contributed by atoms with van der Waals surface area (Å²) in [7, 11) is 0. The Kier molecular flexibility index (Phi) is 17.6. The second-order valence-electron chi connectivity index (χ2n) is 14.4. The van der Waals surface area contributed by atoms with Gasteiger partial charge in [-0.05, 0) is 137 Å². The first kappa shape index (κ1) is 42.0. The van der Waals surface area contributed by atoms with Crippen molar-refractivity contribution in [3.63, 3.8) is 0 Å². The van der Waals surface area contributed by atoms with Gasteiger partial charge in [0.15, 0.2) is 6.29 Å². The normalized spacial score (nSPS) is 14.5. The van der Waals surface area contributed by atoms with Crippen molar-refractivity contribution in [2.75, 3.05) is 32.9 Å². The minimum atomic E-state index is -0.362. The maximum absolute atomic E-state index is 13.3. The van der Waals surface area contributed by atoms with Crippen LogP contribution in [0.25, 0.3) is 0 Å². The molecule has 0 saturated heterocycles. The van der Waals surface area contributed by atoms with E-state index >= 15 is 0 Å². The van der Waals surface area contributed by atoms with Crippen LogP contribution in [0.15, 0.2) is 84.9 Å². The molecule has 55 heavy (non-hydrogen) atoms. The Bertz CT molecular complexity index is 1710. The lowest BCUT2D eigenvalue weighted by atomic mass is 9.89. The van der Waals surface area contributed by atoms with Gasteiger partial charge >= 0.3 is 5.97 Å². The van der Waals surface area contributed by atoms with Crippen LogP contribution < -0.4 is 4.74 Å². The lowest BCUT2D eigenvalue weighted by molar-refractivity contribution is -0.144. The molecule has 0 radical (unpaired) electrons. The topological polar surface area (TPSA) is 70.1 Å². The predicted molar refractivity (Wildman–Crippen MR) is 217 cm³/mol. The van der Waals surface area contributed by atoms with Crippen LogP contribution >= 0.6 is 0 Å². The van der Waals surface area contributed by atoms with E-state index in [1.807, 2.05) is 38.1 Å². The Morgan fingerprint density at radius 2 is 1.55 bits per heavy atom. The third-order valence-corrected chi connectivity index (χ3v) is 10.4. The summed E-state index contributed by atoms with van der Waals surface area (Å²) in [6, 6.07) is 27.9. The molecule has 0 fully saturated rings. The summed E-state index contributed by atoms with van der Waals surface area (Å²) in [5, 5.41) is 0. The van der Waals surface area contributed by atoms with Gasteiger partial charge in [0, 0.05) is 31.5 Å². The average Bonchev–Trinajstić information content (AvgIpc) is 3.21. The number of hydrogen-bond donors (Lipinski definition) is 0. The molecule has 296 valence electrons. The highest BCUT2D eigenvalue weighted by Crippen LogP contribution is 2.35. The molecule has 0 amide bonds. The summed E-state index contributed by atoms with van der Waals surface area (Å²) in [4.78, 5) is 19.9. The maximum atomic E-state index is 13.3. The van der Waals surface area contributed by atoms with Gasteiger partial charge in [0.25, 0.3) is 0 Å². The summed E-state index contributed by atoms with van der Waals surface area (Å²) < 4.78 is 37.0. The van der Waals surface area contributed by atoms with E-state index in [4.69, 9.17) is 23.9 Å². The van der Waals surface area contributed by atoms with E-state index in [9.17, 15) is 9.18 Å². The third kappa shape index (κ3) is 13.6. The van der Waals surface area contributed by atoms with Crippen molar-refractivity contribution in [2.45, 2.75) is 117 Å². The van der Waals surface area contributed by atoms with E-state index in [1.54, 1.807) is 0 Å². The minimum Gasteiger partial charge on any atom is -0.489 e. The lowest BCUT2D eigenvalue weighted by Gasteiger charge is -2.36. The van der Waals surface area contributed by atoms with Gasteiger partial charge in [-0.1, -0.05) is 80.4 Å². The van der Waals surface area contributed by atoms with Gasteiger partial charge in [0.1, 0.15) is 23.9 Å². The number of carbonyl (C=O) groups excluding carboxylic acids is 1. The molecule has 0 bridgehead atoms. The summed E-state index contributed by atoms with van der Waals surface area (Å²) in [6.07, 6.45) is 11.7. The van der Waals surface area contributed by atoms with Crippen molar-refractivity contribution in [3.05, 3.63) is 130 Å². The average molecular weight is 753 g/mol. The van der Waals surface area contributed by atoms with Gasteiger partial charge in [-0.3, -0.25) is 4.90 Å². The van der Waals surface area contributed by atoms with E-state index in [-0.39, 0.29) is 24.1 Å². The molecule has 2 atom stereocenters. The number of aromatic nitrogens is 1. The SMILES string of the molecule is CCCCCOC(CCCCN(CCc1ccccc1OCc1ccc(CCc2ccc(F)cc2)cc1)C1CCCc2nc(C(=O)OCC)ccc21)OCC. The number of ether oxygens (including phenoxy) is 4. The number of fused-ring (bicyclic) bond motifs is 1. The Balaban J connectivity index is 1.22. The van der Waals surface area contributed by atoms with Crippen molar-refractivity contribution in [1.82, 2.24) is 9.88 Å². The Morgan fingerprint density at radius 1 is 0.800 bits per heavy atom. The standard InChI is InChI=1S/C47H61FN2O5/c1-4-7-12-34-54-46(52-5-2)18-10-11-32-50(44-16-13-15-42-41(44)29-30-43(49-42)47(51)53-6-3)33-31-39-14-8-9-17-45(39)55-35-38-23-21-36(22-24-38)19-20-37-25-27-40(48)28-26-37/h8-9,14,17,21-30,44,46H,4-7,10-13,15-16,18-20,31-35H2,1-3H3. The molecule has 1 aromatic heterocycles. The van der Waals surface area contributed by atoms with Crippen LogP contribution in [0.4, 0.5) is 4.39 Å². The smallest absolute Gasteiger partial charge is 0.356 e. The molecule has 0 N–H and O–H groups in total. The molecular formula is C47H61FN2O5. The number of nitrogens with zero attached hydrogens (tertiary/aromatic N) is 2. The summed E-state index contributed by atoms with van der Waals surface area (Å²) in [5.74, 6) is 0.347. The Morgan fingerprint density at radius 3 is 2.29 bits per heavy atom. The number of carbonyl (C=O) groups is 1. The number of unbranched alkanes of at least 4 members (excludes halogenated alkanes) is 3. The van der Waals surface area contributed by atoms with Crippen LogP contribution in [0.1, 0.15) is 122 Å². The molecule has 5 rings (SSSR count). The van der Waals surface area contributed by atoms with Crippen molar-refractivity contribution < 1.29 is 28.1 Å². The van der Waals surface area contributed by atoms with Gasteiger partial charge in [-0.15, -0.1) is 0 Å². The molecule has 0 saturated carbocycles. The van der Waals surface area contributed by atoms with Crippen LogP contribution in [0.5, 0.6) is 5.75 Å². The number of pyridine rings is 1. The first-order chi connectivity index (χ1) is 27.0. The van der Waals surface area contributed by atoms with Crippen LogP contribution in [0.3, 0.4) is 0 Å². The van der Waals surface area contributed by atoms with Gasteiger partial charge in [0.05, 0.1) is 6.61 Å². The molecule has 8 heteroatoms. The van der Waals surface area contributed by atoms with Crippen LogP contribution in [0, 0.1) is 5.82 Å². The monoisotopic (exact) mass is 752 g/mol. The van der Waals surface area contributed by atoms with E-state index in [0.29, 0.717) is 25.5 Å². The van der Waals surface area contributed by atoms with E-state index < -0.39 is 0 Å². The van der Waals surface area contributed by atoms with Gasteiger partial charge in [-0.2, -0.15) is 0 Å². The molecule has 0 spiro atoms.